The van der Waals surface area contributed by atoms with Gasteiger partial charge in [-0.25, -0.2) is 0 Å². The second-order valence-electron chi connectivity index (χ2n) is 5.05. The van der Waals surface area contributed by atoms with Gasteiger partial charge in [-0.15, -0.1) is 0 Å². The zero-order chi connectivity index (χ0) is 13.7. The summed E-state index contributed by atoms with van der Waals surface area (Å²) in [5.74, 6) is 0.0196. The molecule has 4 heteroatoms. The van der Waals surface area contributed by atoms with Crippen molar-refractivity contribution in [2.45, 2.75) is 13.0 Å². The third-order valence-corrected chi connectivity index (χ3v) is 3.06. The number of anilines is 1. The summed E-state index contributed by atoms with van der Waals surface area (Å²) in [7, 11) is 8.26. The molecule has 1 aromatic rings. The molecule has 1 amide bonds. The van der Waals surface area contributed by atoms with Crippen LogP contribution < -0.4 is 15.1 Å². The van der Waals surface area contributed by atoms with Gasteiger partial charge in [0.1, 0.15) is 6.04 Å². The molecule has 0 aromatic heterocycles. The molecule has 0 radical (unpaired) electrons. The van der Waals surface area contributed by atoms with Gasteiger partial charge < -0.3 is 15.1 Å². The van der Waals surface area contributed by atoms with Gasteiger partial charge in [-0.3, -0.25) is 4.79 Å². The molecule has 0 aliphatic carbocycles. The Morgan fingerprint density at radius 2 is 1.83 bits per heavy atom. The quantitative estimate of drug-likeness (QED) is 0.776. The Labute approximate surface area is 110 Å². The Hall–Kier alpha value is -1.55. The summed E-state index contributed by atoms with van der Waals surface area (Å²) < 4.78 is 0. The normalized spacial score (nSPS) is 12.3. The lowest BCUT2D eigenvalue weighted by molar-refractivity contribution is -0.890. The standard InChI is InChI=1S/C14H23N3O/c1-11(18)15-10-14(17(4)5)12-6-8-13(9-7-12)16(2)3/h6-9,14H,10H2,1-5H3,(H,15,18)/p+1/t14-/m0/s1. The average Bonchev–Trinajstić information content (AvgIpc) is 2.29. The molecule has 1 rings (SSSR count). The molecule has 0 spiro atoms. The SMILES string of the molecule is CC(=O)NC[C@@H](c1ccc(N(C)C)cc1)[NH+](C)C. The van der Waals surface area contributed by atoms with Gasteiger partial charge in [0.2, 0.25) is 5.91 Å². The van der Waals surface area contributed by atoms with Crippen molar-refractivity contribution in [3.63, 3.8) is 0 Å². The van der Waals surface area contributed by atoms with Crippen molar-refractivity contribution >= 4 is 11.6 Å². The minimum atomic E-state index is 0.0196. The van der Waals surface area contributed by atoms with Crippen molar-refractivity contribution in [3.05, 3.63) is 29.8 Å². The molecular weight excluding hydrogens is 226 g/mol. The Bertz CT molecular complexity index is 385. The van der Waals surface area contributed by atoms with Crippen molar-refractivity contribution in [1.82, 2.24) is 5.32 Å². The van der Waals surface area contributed by atoms with Crippen LogP contribution in [-0.4, -0.2) is 40.6 Å². The first-order valence-corrected chi connectivity index (χ1v) is 6.23. The number of carbonyl (C=O) groups is 1. The van der Waals surface area contributed by atoms with Crippen LogP contribution in [0.3, 0.4) is 0 Å². The van der Waals surface area contributed by atoms with Crippen LogP contribution in [0.1, 0.15) is 18.5 Å². The Kier molecular flexibility index (Phi) is 5.16. The van der Waals surface area contributed by atoms with Crippen LogP contribution in [0.2, 0.25) is 0 Å². The molecule has 0 aliphatic heterocycles. The lowest BCUT2D eigenvalue weighted by Gasteiger charge is -2.22. The zero-order valence-corrected chi connectivity index (χ0v) is 11.9. The van der Waals surface area contributed by atoms with E-state index in [0.29, 0.717) is 6.54 Å². The van der Waals surface area contributed by atoms with Crippen LogP contribution in [0, 0.1) is 0 Å². The number of benzene rings is 1. The maximum Gasteiger partial charge on any atom is 0.217 e. The van der Waals surface area contributed by atoms with E-state index in [1.807, 2.05) is 14.1 Å². The van der Waals surface area contributed by atoms with Crippen LogP contribution in [0.4, 0.5) is 5.69 Å². The Balaban J connectivity index is 2.82. The summed E-state index contributed by atoms with van der Waals surface area (Å²) in [6, 6.07) is 8.77. The van der Waals surface area contributed by atoms with Gasteiger partial charge in [0, 0.05) is 32.3 Å². The number of hydrogen-bond donors (Lipinski definition) is 2. The van der Waals surface area contributed by atoms with Crippen LogP contribution in [-0.2, 0) is 4.79 Å². The van der Waals surface area contributed by atoms with Crippen molar-refractivity contribution in [3.8, 4) is 0 Å². The number of quaternary nitrogens is 1. The van der Waals surface area contributed by atoms with E-state index in [-0.39, 0.29) is 11.9 Å². The summed E-state index contributed by atoms with van der Waals surface area (Å²) in [6.45, 7) is 2.22. The Morgan fingerprint density at radius 1 is 1.28 bits per heavy atom. The number of amides is 1. The van der Waals surface area contributed by atoms with Crippen LogP contribution >= 0.6 is 0 Å². The van der Waals surface area contributed by atoms with Gasteiger partial charge in [0.25, 0.3) is 0 Å². The first-order chi connectivity index (χ1) is 8.41. The number of likely N-dealkylation sites (N-methyl/N-ethyl adjacent to an activating group) is 1. The van der Waals surface area contributed by atoms with Gasteiger partial charge in [-0.2, -0.15) is 0 Å². The highest BCUT2D eigenvalue weighted by Crippen LogP contribution is 2.15. The van der Waals surface area contributed by atoms with Gasteiger partial charge in [0.05, 0.1) is 20.6 Å². The lowest BCUT2D eigenvalue weighted by atomic mass is 10.1. The summed E-state index contributed by atoms with van der Waals surface area (Å²) in [5, 5.41) is 2.89. The van der Waals surface area contributed by atoms with Gasteiger partial charge >= 0.3 is 0 Å². The highest BCUT2D eigenvalue weighted by molar-refractivity contribution is 5.72. The van der Waals surface area contributed by atoms with E-state index in [1.54, 1.807) is 6.92 Å². The van der Waals surface area contributed by atoms with E-state index in [1.165, 1.54) is 16.2 Å². The van der Waals surface area contributed by atoms with Gasteiger partial charge in [-0.05, 0) is 12.1 Å². The Morgan fingerprint density at radius 3 is 2.22 bits per heavy atom. The predicted molar refractivity (Wildman–Crippen MR) is 75.0 cm³/mol. The molecule has 0 saturated heterocycles. The molecule has 0 saturated carbocycles. The van der Waals surface area contributed by atoms with Crippen molar-refractivity contribution in [2.75, 3.05) is 39.6 Å². The van der Waals surface area contributed by atoms with E-state index in [4.69, 9.17) is 0 Å². The number of carbonyl (C=O) groups excluding carboxylic acids is 1. The fourth-order valence-corrected chi connectivity index (χ4v) is 1.91. The van der Waals surface area contributed by atoms with E-state index >= 15 is 0 Å². The molecule has 100 valence electrons. The highest BCUT2D eigenvalue weighted by atomic mass is 16.1. The lowest BCUT2D eigenvalue weighted by Crippen LogP contribution is -3.07. The summed E-state index contributed by atoms with van der Waals surface area (Å²) in [5.41, 5.74) is 2.43. The molecular formula is C14H24N3O+. The molecule has 4 nitrogen and oxygen atoms in total. The molecule has 2 N–H and O–H groups in total. The van der Waals surface area contributed by atoms with E-state index in [9.17, 15) is 4.79 Å². The van der Waals surface area contributed by atoms with E-state index < -0.39 is 0 Å². The van der Waals surface area contributed by atoms with E-state index in [2.05, 4.69) is 48.6 Å². The smallest absolute Gasteiger partial charge is 0.217 e. The number of hydrogen-bond acceptors (Lipinski definition) is 2. The first kappa shape index (κ1) is 14.5. The van der Waals surface area contributed by atoms with Crippen molar-refractivity contribution in [1.29, 1.82) is 0 Å². The van der Waals surface area contributed by atoms with E-state index in [0.717, 1.165) is 0 Å². The minimum absolute atomic E-state index is 0.0196. The highest BCUT2D eigenvalue weighted by Gasteiger charge is 2.17. The first-order valence-electron chi connectivity index (χ1n) is 6.23. The number of nitrogens with one attached hydrogen (secondary N) is 2. The van der Waals surface area contributed by atoms with Crippen LogP contribution in [0.25, 0.3) is 0 Å². The molecule has 18 heavy (non-hydrogen) atoms. The van der Waals surface area contributed by atoms with Crippen molar-refractivity contribution in [2.24, 2.45) is 0 Å². The molecule has 0 aliphatic rings. The average molecular weight is 250 g/mol. The minimum Gasteiger partial charge on any atom is -0.378 e. The second kappa shape index (κ2) is 6.40. The summed E-state index contributed by atoms with van der Waals surface area (Å²) in [4.78, 5) is 14.4. The van der Waals surface area contributed by atoms with Crippen LogP contribution in [0.5, 0.6) is 0 Å². The monoisotopic (exact) mass is 250 g/mol. The molecule has 1 aromatic carbocycles. The van der Waals surface area contributed by atoms with Gasteiger partial charge in [-0.1, -0.05) is 12.1 Å². The molecule has 0 fully saturated rings. The topological polar surface area (TPSA) is 36.8 Å². The second-order valence-corrected chi connectivity index (χ2v) is 5.05. The number of rotatable bonds is 5. The predicted octanol–water partition coefficient (Wildman–Crippen LogP) is 0.0743. The molecule has 1 atom stereocenters. The molecule has 0 bridgehead atoms. The maximum absolute atomic E-state index is 11.0. The summed E-state index contributed by atoms with van der Waals surface area (Å²) >= 11 is 0. The summed E-state index contributed by atoms with van der Waals surface area (Å²) in [6.07, 6.45) is 0. The van der Waals surface area contributed by atoms with Crippen LogP contribution in [0.15, 0.2) is 24.3 Å². The van der Waals surface area contributed by atoms with Gasteiger partial charge in [0.15, 0.2) is 0 Å². The maximum atomic E-state index is 11.0. The largest absolute Gasteiger partial charge is 0.378 e. The zero-order valence-electron chi connectivity index (χ0n) is 11.9. The molecule has 0 heterocycles. The number of nitrogens with zero attached hydrogens (tertiary/aromatic N) is 1. The third kappa shape index (κ3) is 4.04. The molecule has 0 unspecified atom stereocenters. The fraction of sp³-hybridized carbons (Fsp3) is 0.500. The third-order valence-electron chi connectivity index (χ3n) is 3.06. The van der Waals surface area contributed by atoms with Crippen molar-refractivity contribution < 1.29 is 9.69 Å². The fourth-order valence-electron chi connectivity index (χ4n) is 1.91.